The average Bonchev–Trinajstić information content (AvgIpc) is 3.41. The lowest BCUT2D eigenvalue weighted by atomic mass is 10.1. The van der Waals surface area contributed by atoms with Crippen LogP contribution in [0.2, 0.25) is 0 Å². The zero-order valence-corrected chi connectivity index (χ0v) is 14.9. The van der Waals surface area contributed by atoms with E-state index in [1.807, 2.05) is 6.92 Å². The number of carbonyl (C=O) groups is 1. The lowest BCUT2D eigenvalue weighted by Gasteiger charge is -2.18. The second-order valence-electron chi connectivity index (χ2n) is 6.90. The van der Waals surface area contributed by atoms with Crippen molar-refractivity contribution in [1.29, 1.82) is 0 Å². The van der Waals surface area contributed by atoms with Crippen LogP contribution in [-0.4, -0.2) is 51.9 Å². The van der Waals surface area contributed by atoms with E-state index in [0.29, 0.717) is 36.9 Å². The van der Waals surface area contributed by atoms with E-state index < -0.39 is 0 Å². The second kappa shape index (κ2) is 6.93. The highest BCUT2D eigenvalue weighted by Crippen LogP contribution is 2.28. The molecule has 0 saturated carbocycles. The Hall–Kier alpha value is -2.64. The largest absolute Gasteiger partial charge is 0.448 e. The summed E-state index contributed by atoms with van der Waals surface area (Å²) in [4.78, 5) is 40.3. The second-order valence-corrected chi connectivity index (χ2v) is 6.90. The number of amides is 1. The number of likely N-dealkylation sites (tertiary alicyclic amines) is 1. The van der Waals surface area contributed by atoms with Gasteiger partial charge in [-0.15, -0.1) is 0 Å². The van der Waals surface area contributed by atoms with Gasteiger partial charge in [-0.25, -0.2) is 9.97 Å². The van der Waals surface area contributed by atoms with Crippen LogP contribution in [0, 0.1) is 0 Å². The molecule has 1 atom stereocenters. The van der Waals surface area contributed by atoms with Gasteiger partial charge in [0.2, 0.25) is 5.95 Å². The van der Waals surface area contributed by atoms with Crippen molar-refractivity contribution in [2.45, 2.75) is 38.5 Å². The summed E-state index contributed by atoms with van der Waals surface area (Å²) in [6, 6.07) is 1.56. The summed E-state index contributed by atoms with van der Waals surface area (Å²) in [6.07, 6.45) is 4.99. The Balaban J connectivity index is 1.52. The SMILES string of the molecule is CCc1ocnc1C(=O)N1CCC(c2cc(=O)[nH]c(N3CCCC3)n2)C1. The molecule has 0 radical (unpaired) electrons. The normalized spacial score (nSPS) is 20.1. The fourth-order valence-corrected chi connectivity index (χ4v) is 3.78. The maximum atomic E-state index is 12.7. The van der Waals surface area contributed by atoms with Crippen LogP contribution in [0.1, 0.15) is 54.0 Å². The van der Waals surface area contributed by atoms with Crippen molar-refractivity contribution in [2.75, 3.05) is 31.1 Å². The summed E-state index contributed by atoms with van der Waals surface area (Å²) in [5.74, 6) is 1.23. The fourth-order valence-electron chi connectivity index (χ4n) is 3.78. The number of H-pyrrole nitrogens is 1. The number of hydrogen-bond donors (Lipinski definition) is 1. The topological polar surface area (TPSA) is 95.3 Å². The van der Waals surface area contributed by atoms with E-state index in [4.69, 9.17) is 4.42 Å². The number of aromatic amines is 1. The van der Waals surface area contributed by atoms with Crippen LogP contribution in [0.5, 0.6) is 0 Å². The van der Waals surface area contributed by atoms with Gasteiger partial charge in [0, 0.05) is 44.6 Å². The molecule has 2 aromatic heterocycles. The summed E-state index contributed by atoms with van der Waals surface area (Å²) < 4.78 is 5.27. The first-order chi connectivity index (χ1) is 12.7. The van der Waals surface area contributed by atoms with Crippen molar-refractivity contribution >= 4 is 11.9 Å². The lowest BCUT2D eigenvalue weighted by molar-refractivity contribution is 0.0783. The molecule has 4 rings (SSSR count). The first kappa shape index (κ1) is 16.8. The van der Waals surface area contributed by atoms with E-state index in [-0.39, 0.29) is 17.4 Å². The molecule has 2 aliphatic heterocycles. The Labute approximate surface area is 151 Å². The Bertz CT molecular complexity index is 853. The fraction of sp³-hybridized carbons (Fsp3) is 0.556. The zero-order chi connectivity index (χ0) is 18.1. The monoisotopic (exact) mass is 357 g/mol. The maximum Gasteiger partial charge on any atom is 0.276 e. The molecule has 8 nitrogen and oxygen atoms in total. The number of rotatable bonds is 4. The van der Waals surface area contributed by atoms with Crippen LogP contribution < -0.4 is 10.5 Å². The maximum absolute atomic E-state index is 12.7. The lowest BCUT2D eigenvalue weighted by Crippen LogP contribution is -2.30. The van der Waals surface area contributed by atoms with Crippen molar-refractivity contribution in [3.63, 3.8) is 0 Å². The molecule has 8 heteroatoms. The Morgan fingerprint density at radius 2 is 2.15 bits per heavy atom. The van der Waals surface area contributed by atoms with Crippen molar-refractivity contribution in [2.24, 2.45) is 0 Å². The van der Waals surface area contributed by atoms with Gasteiger partial charge in [0.25, 0.3) is 11.5 Å². The minimum atomic E-state index is -0.133. The van der Waals surface area contributed by atoms with E-state index >= 15 is 0 Å². The van der Waals surface area contributed by atoms with E-state index in [2.05, 4.69) is 19.9 Å². The van der Waals surface area contributed by atoms with E-state index in [1.54, 1.807) is 11.0 Å². The predicted molar refractivity (Wildman–Crippen MR) is 95.4 cm³/mol. The van der Waals surface area contributed by atoms with Crippen LogP contribution in [-0.2, 0) is 6.42 Å². The number of oxazole rings is 1. The predicted octanol–water partition coefficient (Wildman–Crippen LogP) is 1.55. The molecular weight excluding hydrogens is 334 g/mol. The van der Waals surface area contributed by atoms with Crippen molar-refractivity contribution in [3.8, 4) is 0 Å². The highest BCUT2D eigenvalue weighted by Gasteiger charge is 2.32. The number of anilines is 1. The molecule has 2 aromatic rings. The molecular formula is C18H23N5O3. The van der Waals surface area contributed by atoms with Crippen molar-refractivity contribution in [3.05, 3.63) is 40.0 Å². The molecule has 2 fully saturated rings. The molecule has 138 valence electrons. The molecule has 4 heterocycles. The number of aryl methyl sites for hydroxylation is 1. The number of hydrogen-bond acceptors (Lipinski definition) is 6. The summed E-state index contributed by atoms with van der Waals surface area (Å²) >= 11 is 0. The number of nitrogens with one attached hydrogen (secondary N) is 1. The van der Waals surface area contributed by atoms with Gasteiger partial charge < -0.3 is 14.2 Å². The van der Waals surface area contributed by atoms with Crippen LogP contribution in [0.4, 0.5) is 5.95 Å². The van der Waals surface area contributed by atoms with Crippen LogP contribution in [0.3, 0.4) is 0 Å². The summed E-state index contributed by atoms with van der Waals surface area (Å²) in [5, 5.41) is 0. The molecule has 26 heavy (non-hydrogen) atoms. The van der Waals surface area contributed by atoms with Gasteiger partial charge >= 0.3 is 0 Å². The summed E-state index contributed by atoms with van der Waals surface area (Å²) in [5.41, 5.74) is 1.03. The van der Waals surface area contributed by atoms with Crippen LogP contribution >= 0.6 is 0 Å². The molecule has 0 bridgehead atoms. The van der Waals surface area contributed by atoms with Gasteiger partial charge in [-0.1, -0.05) is 6.92 Å². The number of nitrogens with zero attached hydrogens (tertiary/aromatic N) is 4. The minimum absolute atomic E-state index is 0.0691. The zero-order valence-electron chi connectivity index (χ0n) is 14.9. The molecule has 2 saturated heterocycles. The highest BCUT2D eigenvalue weighted by molar-refractivity contribution is 5.93. The van der Waals surface area contributed by atoms with Crippen molar-refractivity contribution in [1.82, 2.24) is 19.9 Å². The van der Waals surface area contributed by atoms with E-state index in [9.17, 15) is 9.59 Å². The number of carbonyl (C=O) groups excluding carboxylic acids is 1. The summed E-state index contributed by atoms with van der Waals surface area (Å²) in [6.45, 7) is 4.96. The Kier molecular flexibility index (Phi) is 4.48. The van der Waals surface area contributed by atoms with Gasteiger partial charge in [0.05, 0.1) is 5.69 Å². The van der Waals surface area contributed by atoms with Crippen molar-refractivity contribution < 1.29 is 9.21 Å². The molecule has 0 aromatic carbocycles. The molecule has 1 amide bonds. The quantitative estimate of drug-likeness (QED) is 0.892. The standard InChI is InChI=1S/C18H23N5O3/c1-2-14-16(19-11-26-14)17(25)23-8-5-12(10-23)13-9-15(24)21-18(20-13)22-6-3-4-7-22/h9,11-12H,2-8,10H2,1H3,(H,20,21,24). The molecule has 1 unspecified atom stereocenters. The minimum Gasteiger partial charge on any atom is -0.448 e. The first-order valence-electron chi connectivity index (χ1n) is 9.23. The smallest absolute Gasteiger partial charge is 0.276 e. The third kappa shape index (κ3) is 3.11. The third-order valence-corrected chi connectivity index (χ3v) is 5.21. The molecule has 0 spiro atoms. The van der Waals surface area contributed by atoms with Gasteiger partial charge in [-0.05, 0) is 19.3 Å². The van der Waals surface area contributed by atoms with E-state index in [0.717, 1.165) is 38.0 Å². The third-order valence-electron chi connectivity index (χ3n) is 5.21. The number of aromatic nitrogens is 3. The van der Waals surface area contributed by atoms with Gasteiger partial charge in [-0.2, -0.15) is 0 Å². The first-order valence-corrected chi connectivity index (χ1v) is 9.23. The average molecular weight is 357 g/mol. The summed E-state index contributed by atoms with van der Waals surface area (Å²) in [7, 11) is 0. The van der Waals surface area contributed by atoms with Crippen LogP contribution in [0.25, 0.3) is 0 Å². The Morgan fingerprint density at radius 3 is 2.92 bits per heavy atom. The molecule has 2 aliphatic rings. The van der Waals surface area contributed by atoms with Gasteiger partial charge in [0.15, 0.2) is 12.1 Å². The van der Waals surface area contributed by atoms with Crippen LogP contribution in [0.15, 0.2) is 21.7 Å². The van der Waals surface area contributed by atoms with Gasteiger partial charge in [-0.3, -0.25) is 14.6 Å². The molecule has 0 aliphatic carbocycles. The van der Waals surface area contributed by atoms with E-state index in [1.165, 1.54) is 6.39 Å². The Morgan fingerprint density at radius 1 is 1.35 bits per heavy atom. The van der Waals surface area contributed by atoms with Gasteiger partial charge in [0.1, 0.15) is 5.76 Å². The molecule has 1 N–H and O–H groups in total. The highest BCUT2D eigenvalue weighted by atomic mass is 16.3.